The van der Waals surface area contributed by atoms with Gasteiger partial charge in [0.2, 0.25) is 0 Å². The van der Waals surface area contributed by atoms with Crippen molar-refractivity contribution in [3.05, 3.63) is 0 Å². The fraction of sp³-hybridized carbons (Fsp3) is 0.889. The van der Waals surface area contributed by atoms with Crippen LogP contribution in [0.1, 0.15) is 20.3 Å². The van der Waals surface area contributed by atoms with E-state index in [9.17, 15) is 4.79 Å². The number of likely N-dealkylation sites (tertiary alicyclic amines) is 1. The Kier molecular flexibility index (Phi) is 3.69. The van der Waals surface area contributed by atoms with Gasteiger partial charge in [0, 0.05) is 13.1 Å². The van der Waals surface area contributed by atoms with Gasteiger partial charge in [0.25, 0.3) is 0 Å². The Hall–Kier alpha value is -0.610. The Morgan fingerprint density at radius 2 is 2.23 bits per heavy atom. The zero-order valence-corrected chi connectivity index (χ0v) is 8.19. The molecule has 0 radical (unpaired) electrons. The molecule has 1 saturated heterocycles. The maximum Gasteiger partial charge on any atom is 0.323 e. The van der Waals surface area contributed by atoms with Crippen molar-refractivity contribution in [3.8, 4) is 0 Å². The minimum atomic E-state index is -0.261. The van der Waals surface area contributed by atoms with Crippen LogP contribution < -0.4 is 0 Å². The first-order valence-electron chi connectivity index (χ1n) is 4.77. The van der Waals surface area contributed by atoms with Gasteiger partial charge in [0.1, 0.15) is 6.04 Å². The van der Waals surface area contributed by atoms with Crippen molar-refractivity contribution in [1.29, 1.82) is 0 Å². The maximum absolute atomic E-state index is 11.4. The standard InChI is InChI=1S/C9H17NO3/c1-3-8(9(12)13-4-2)10-5-7(11)6-10/h7-8,11H,3-6H2,1-2H3. The van der Waals surface area contributed by atoms with Gasteiger partial charge in [0.15, 0.2) is 0 Å². The van der Waals surface area contributed by atoms with Crippen LogP contribution in [0.25, 0.3) is 0 Å². The van der Waals surface area contributed by atoms with E-state index < -0.39 is 0 Å². The Morgan fingerprint density at radius 3 is 2.62 bits per heavy atom. The number of hydrogen-bond donors (Lipinski definition) is 1. The summed E-state index contributed by atoms with van der Waals surface area (Å²) in [6.45, 7) is 5.36. The lowest BCUT2D eigenvalue weighted by Crippen LogP contribution is -2.57. The number of β-amino-alcohol motifs (C(OH)–C–C–N with tert-alkyl or cyclic N) is 1. The van der Waals surface area contributed by atoms with E-state index in [0.29, 0.717) is 19.7 Å². The molecule has 0 aromatic heterocycles. The maximum atomic E-state index is 11.4. The first-order valence-corrected chi connectivity index (χ1v) is 4.77. The number of hydrogen-bond acceptors (Lipinski definition) is 4. The zero-order chi connectivity index (χ0) is 9.84. The summed E-state index contributed by atoms with van der Waals surface area (Å²) >= 11 is 0. The fourth-order valence-corrected chi connectivity index (χ4v) is 1.55. The second kappa shape index (κ2) is 4.58. The van der Waals surface area contributed by atoms with E-state index in [1.54, 1.807) is 6.92 Å². The summed E-state index contributed by atoms with van der Waals surface area (Å²) in [5.74, 6) is -0.170. The number of ether oxygens (including phenoxy) is 1. The molecular weight excluding hydrogens is 170 g/mol. The van der Waals surface area contributed by atoms with Crippen molar-refractivity contribution in [1.82, 2.24) is 4.90 Å². The fourth-order valence-electron chi connectivity index (χ4n) is 1.55. The third kappa shape index (κ3) is 2.42. The van der Waals surface area contributed by atoms with Crippen LogP contribution in [0.3, 0.4) is 0 Å². The second-order valence-corrected chi connectivity index (χ2v) is 3.28. The molecule has 0 bridgehead atoms. The van der Waals surface area contributed by atoms with E-state index in [-0.39, 0.29) is 18.1 Å². The van der Waals surface area contributed by atoms with E-state index in [2.05, 4.69) is 0 Å². The molecule has 4 heteroatoms. The molecule has 1 fully saturated rings. The molecule has 13 heavy (non-hydrogen) atoms. The minimum absolute atomic E-state index is 0.164. The topological polar surface area (TPSA) is 49.8 Å². The summed E-state index contributed by atoms with van der Waals surface area (Å²) < 4.78 is 4.92. The first-order chi connectivity index (χ1) is 6.19. The first kappa shape index (κ1) is 10.5. The summed E-state index contributed by atoms with van der Waals surface area (Å²) in [6, 6.07) is -0.164. The van der Waals surface area contributed by atoms with Gasteiger partial charge in [-0.05, 0) is 13.3 Å². The van der Waals surface area contributed by atoms with Gasteiger partial charge in [-0.15, -0.1) is 0 Å². The van der Waals surface area contributed by atoms with E-state index in [1.165, 1.54) is 0 Å². The molecule has 0 saturated carbocycles. The van der Waals surface area contributed by atoms with E-state index >= 15 is 0 Å². The third-order valence-corrected chi connectivity index (χ3v) is 2.28. The molecule has 1 unspecified atom stereocenters. The van der Waals surface area contributed by atoms with Crippen molar-refractivity contribution < 1.29 is 14.6 Å². The van der Waals surface area contributed by atoms with Gasteiger partial charge >= 0.3 is 5.97 Å². The summed E-state index contributed by atoms with van der Waals surface area (Å²) in [5, 5.41) is 9.08. The number of aliphatic hydroxyl groups is 1. The van der Waals surface area contributed by atoms with Crippen LogP contribution in [0, 0.1) is 0 Å². The highest BCUT2D eigenvalue weighted by molar-refractivity contribution is 5.75. The van der Waals surface area contributed by atoms with Crippen molar-refractivity contribution >= 4 is 5.97 Å². The summed E-state index contributed by atoms with van der Waals surface area (Å²) in [7, 11) is 0. The summed E-state index contributed by atoms with van der Waals surface area (Å²) in [6.07, 6.45) is 0.481. The third-order valence-electron chi connectivity index (χ3n) is 2.28. The molecule has 1 atom stereocenters. The molecule has 0 aromatic rings. The molecule has 1 heterocycles. The minimum Gasteiger partial charge on any atom is -0.465 e. The Morgan fingerprint density at radius 1 is 1.62 bits per heavy atom. The molecule has 76 valence electrons. The average molecular weight is 187 g/mol. The smallest absolute Gasteiger partial charge is 0.323 e. The lowest BCUT2D eigenvalue weighted by Gasteiger charge is -2.40. The molecule has 1 aliphatic heterocycles. The predicted molar refractivity (Wildman–Crippen MR) is 48.3 cm³/mol. The van der Waals surface area contributed by atoms with Crippen LogP contribution in [0.5, 0.6) is 0 Å². The van der Waals surface area contributed by atoms with Crippen molar-refractivity contribution in [3.63, 3.8) is 0 Å². The number of esters is 1. The number of rotatable bonds is 4. The van der Waals surface area contributed by atoms with Crippen molar-refractivity contribution in [2.75, 3.05) is 19.7 Å². The second-order valence-electron chi connectivity index (χ2n) is 3.28. The van der Waals surface area contributed by atoms with Gasteiger partial charge in [-0.2, -0.15) is 0 Å². The summed E-state index contributed by atoms with van der Waals surface area (Å²) in [5.41, 5.74) is 0. The van der Waals surface area contributed by atoms with E-state index in [0.717, 1.165) is 6.42 Å². The van der Waals surface area contributed by atoms with Gasteiger partial charge < -0.3 is 9.84 Å². The normalized spacial score (nSPS) is 20.8. The molecule has 1 rings (SSSR count). The van der Waals surface area contributed by atoms with Gasteiger partial charge in [-0.1, -0.05) is 6.92 Å². The Labute approximate surface area is 78.5 Å². The molecule has 0 amide bonds. The number of aliphatic hydroxyl groups excluding tert-OH is 1. The van der Waals surface area contributed by atoms with Crippen LogP contribution in [0.2, 0.25) is 0 Å². The Bertz CT molecular complexity index is 178. The van der Waals surface area contributed by atoms with Crippen LogP contribution >= 0.6 is 0 Å². The van der Waals surface area contributed by atoms with Gasteiger partial charge in [-0.25, -0.2) is 0 Å². The van der Waals surface area contributed by atoms with Gasteiger partial charge in [0.05, 0.1) is 12.7 Å². The monoisotopic (exact) mass is 187 g/mol. The molecule has 0 aromatic carbocycles. The largest absolute Gasteiger partial charge is 0.465 e. The van der Waals surface area contributed by atoms with Crippen molar-refractivity contribution in [2.24, 2.45) is 0 Å². The van der Waals surface area contributed by atoms with Crippen molar-refractivity contribution in [2.45, 2.75) is 32.4 Å². The molecular formula is C9H17NO3. The van der Waals surface area contributed by atoms with Crippen LogP contribution in [0.4, 0.5) is 0 Å². The highest BCUT2D eigenvalue weighted by Gasteiger charge is 2.34. The average Bonchev–Trinajstić information content (AvgIpc) is 2.03. The van der Waals surface area contributed by atoms with E-state index in [4.69, 9.17) is 9.84 Å². The van der Waals surface area contributed by atoms with Crippen LogP contribution in [-0.2, 0) is 9.53 Å². The lowest BCUT2D eigenvalue weighted by molar-refractivity contribution is -0.154. The molecule has 4 nitrogen and oxygen atoms in total. The SMILES string of the molecule is CCOC(=O)C(CC)N1CC(O)C1. The van der Waals surface area contributed by atoms with Gasteiger partial charge in [-0.3, -0.25) is 9.69 Å². The van der Waals surface area contributed by atoms with E-state index in [1.807, 2.05) is 11.8 Å². The molecule has 0 aliphatic carbocycles. The van der Waals surface area contributed by atoms with Crippen LogP contribution in [0.15, 0.2) is 0 Å². The number of carbonyl (C=O) groups excluding carboxylic acids is 1. The highest BCUT2D eigenvalue weighted by atomic mass is 16.5. The molecule has 1 N–H and O–H groups in total. The number of nitrogens with zero attached hydrogens (tertiary/aromatic N) is 1. The predicted octanol–water partition coefficient (Wildman–Crippen LogP) is 0.00460. The molecule has 0 spiro atoms. The molecule has 1 aliphatic rings. The Balaban J connectivity index is 2.38. The summed E-state index contributed by atoms with van der Waals surface area (Å²) in [4.78, 5) is 13.3. The lowest BCUT2D eigenvalue weighted by atomic mass is 10.1. The quantitative estimate of drug-likeness (QED) is 0.630. The highest BCUT2D eigenvalue weighted by Crippen LogP contribution is 2.15. The zero-order valence-electron chi connectivity index (χ0n) is 8.19. The van der Waals surface area contributed by atoms with Crippen LogP contribution in [-0.4, -0.2) is 47.8 Å². The number of carbonyl (C=O) groups is 1.